The molecule has 0 bridgehead atoms. The van der Waals surface area contributed by atoms with E-state index < -0.39 is 24.2 Å². The van der Waals surface area contributed by atoms with E-state index in [9.17, 15) is 19.8 Å². The van der Waals surface area contributed by atoms with Crippen LogP contribution in [0.25, 0.3) is 10.2 Å². The average molecular weight is 514 g/mol. The van der Waals surface area contributed by atoms with Crippen molar-refractivity contribution >= 4 is 50.2 Å². The number of rotatable bonds is 9. The first-order chi connectivity index (χ1) is 18.0. The minimum absolute atomic E-state index is 0.0351. The topological polar surface area (TPSA) is 129 Å². The van der Waals surface area contributed by atoms with Crippen molar-refractivity contribution in [1.82, 2.24) is 14.5 Å². The maximum absolute atomic E-state index is 13.1. The first-order valence-electron chi connectivity index (χ1n) is 11.6. The highest BCUT2D eigenvalue weighted by molar-refractivity contribution is 7.22. The van der Waals surface area contributed by atoms with Crippen LogP contribution >= 0.6 is 11.3 Å². The molecule has 0 unspecified atom stereocenters. The number of aliphatic carboxylic acids is 1. The Morgan fingerprint density at radius 1 is 0.919 bits per heavy atom. The SMILES string of the molecule is O=C(O)Cc1nc(Nc2ccc(CCNc3nc4ccccc4s3)cc2)n(C(=O)c2ccccc2)c1O. The van der Waals surface area contributed by atoms with Gasteiger partial charge < -0.3 is 20.8 Å². The van der Waals surface area contributed by atoms with Crippen LogP contribution in [0.4, 0.5) is 16.8 Å². The third-order valence-electron chi connectivity index (χ3n) is 5.66. The molecule has 0 saturated heterocycles. The number of imidazole rings is 1. The smallest absolute Gasteiger partial charge is 0.309 e. The molecule has 0 atom stereocenters. The first kappa shape index (κ1) is 24.0. The number of anilines is 3. The van der Waals surface area contributed by atoms with Gasteiger partial charge in [0, 0.05) is 17.8 Å². The van der Waals surface area contributed by atoms with E-state index in [2.05, 4.69) is 20.6 Å². The Labute approximate surface area is 216 Å². The summed E-state index contributed by atoms with van der Waals surface area (Å²) in [5.41, 5.74) is 2.94. The van der Waals surface area contributed by atoms with Crippen LogP contribution in [-0.2, 0) is 17.6 Å². The molecule has 0 radical (unpaired) electrons. The Kier molecular flexibility index (Phi) is 6.82. The molecule has 3 aromatic carbocycles. The summed E-state index contributed by atoms with van der Waals surface area (Å²) < 4.78 is 2.13. The van der Waals surface area contributed by atoms with Crippen LogP contribution in [0, 0.1) is 0 Å². The summed E-state index contributed by atoms with van der Waals surface area (Å²) >= 11 is 1.62. The molecule has 10 heteroatoms. The number of fused-ring (bicyclic) bond motifs is 1. The van der Waals surface area contributed by atoms with Crippen molar-refractivity contribution in [1.29, 1.82) is 0 Å². The van der Waals surface area contributed by atoms with Crippen LogP contribution in [0.15, 0.2) is 78.9 Å². The Bertz CT molecular complexity index is 1530. The van der Waals surface area contributed by atoms with E-state index in [1.54, 1.807) is 41.7 Å². The number of nitrogens with one attached hydrogen (secondary N) is 2. The quantitative estimate of drug-likeness (QED) is 0.219. The fourth-order valence-corrected chi connectivity index (χ4v) is 4.74. The second-order valence-corrected chi connectivity index (χ2v) is 9.30. The monoisotopic (exact) mass is 513 g/mol. The van der Waals surface area contributed by atoms with Crippen LogP contribution in [0.3, 0.4) is 0 Å². The number of carbonyl (C=O) groups excluding carboxylic acids is 1. The van der Waals surface area contributed by atoms with Crippen LogP contribution in [0.5, 0.6) is 5.88 Å². The van der Waals surface area contributed by atoms with Gasteiger partial charge in [0.15, 0.2) is 5.13 Å². The van der Waals surface area contributed by atoms with Crippen LogP contribution < -0.4 is 10.6 Å². The number of carboxylic acid groups (broad SMARTS) is 1. The number of aromatic hydroxyl groups is 1. The van der Waals surface area contributed by atoms with E-state index >= 15 is 0 Å². The highest BCUT2D eigenvalue weighted by Crippen LogP contribution is 2.28. The van der Waals surface area contributed by atoms with Crippen molar-refractivity contribution in [2.75, 3.05) is 17.2 Å². The predicted octanol–water partition coefficient (Wildman–Crippen LogP) is 4.91. The molecule has 0 aliphatic carbocycles. The molecule has 5 rings (SSSR count). The molecule has 0 fully saturated rings. The highest BCUT2D eigenvalue weighted by atomic mass is 32.1. The van der Waals surface area contributed by atoms with Gasteiger partial charge in [0.25, 0.3) is 5.91 Å². The number of carboxylic acids is 1. The number of hydrogen-bond donors (Lipinski definition) is 4. The summed E-state index contributed by atoms with van der Waals surface area (Å²) in [6.45, 7) is 0.717. The number of para-hydroxylation sites is 1. The maximum Gasteiger partial charge on any atom is 0.309 e. The minimum Gasteiger partial charge on any atom is -0.493 e. The molecule has 186 valence electrons. The molecule has 0 spiro atoms. The van der Waals surface area contributed by atoms with Gasteiger partial charge in [-0.25, -0.2) is 14.5 Å². The van der Waals surface area contributed by atoms with E-state index in [0.29, 0.717) is 11.3 Å². The summed E-state index contributed by atoms with van der Waals surface area (Å²) in [6.07, 6.45) is 0.261. The zero-order valence-electron chi connectivity index (χ0n) is 19.6. The van der Waals surface area contributed by atoms with Crippen molar-refractivity contribution in [3.63, 3.8) is 0 Å². The maximum atomic E-state index is 13.1. The summed E-state index contributed by atoms with van der Waals surface area (Å²) in [7, 11) is 0. The van der Waals surface area contributed by atoms with Crippen LogP contribution in [0.2, 0.25) is 0 Å². The second-order valence-electron chi connectivity index (χ2n) is 8.27. The molecule has 5 aromatic rings. The van der Waals surface area contributed by atoms with Gasteiger partial charge in [0.05, 0.1) is 16.6 Å². The van der Waals surface area contributed by atoms with Crippen molar-refractivity contribution in [3.05, 3.63) is 95.7 Å². The Morgan fingerprint density at radius 3 is 2.38 bits per heavy atom. The predicted molar refractivity (Wildman–Crippen MR) is 143 cm³/mol. The van der Waals surface area contributed by atoms with Gasteiger partial charge in [0.2, 0.25) is 11.8 Å². The third kappa shape index (κ3) is 5.44. The second kappa shape index (κ2) is 10.5. The molecular weight excluding hydrogens is 490 g/mol. The van der Waals surface area contributed by atoms with E-state index in [1.807, 2.05) is 48.5 Å². The van der Waals surface area contributed by atoms with Crippen molar-refractivity contribution in [2.45, 2.75) is 12.8 Å². The number of hydrogen-bond acceptors (Lipinski definition) is 8. The third-order valence-corrected chi connectivity index (χ3v) is 6.65. The minimum atomic E-state index is -1.16. The Morgan fingerprint density at radius 2 is 1.65 bits per heavy atom. The van der Waals surface area contributed by atoms with Crippen LogP contribution in [0.1, 0.15) is 21.6 Å². The average Bonchev–Trinajstić information content (AvgIpc) is 3.45. The summed E-state index contributed by atoms with van der Waals surface area (Å²) in [5.74, 6) is -2.16. The molecule has 2 aromatic heterocycles. The summed E-state index contributed by atoms with van der Waals surface area (Å²) in [6, 6.07) is 24.0. The highest BCUT2D eigenvalue weighted by Gasteiger charge is 2.24. The molecular formula is C27H23N5O4S. The lowest BCUT2D eigenvalue weighted by atomic mass is 10.1. The van der Waals surface area contributed by atoms with E-state index in [1.165, 1.54) is 0 Å². The van der Waals surface area contributed by atoms with Gasteiger partial charge in [-0.05, 0) is 48.4 Å². The van der Waals surface area contributed by atoms with Gasteiger partial charge in [-0.15, -0.1) is 0 Å². The van der Waals surface area contributed by atoms with Crippen LogP contribution in [-0.4, -0.2) is 43.2 Å². The van der Waals surface area contributed by atoms with Gasteiger partial charge in [0.1, 0.15) is 5.69 Å². The lowest BCUT2D eigenvalue weighted by molar-refractivity contribution is -0.136. The summed E-state index contributed by atoms with van der Waals surface area (Å²) in [5, 5.41) is 27.1. The first-order valence-corrected chi connectivity index (χ1v) is 12.4. The zero-order chi connectivity index (χ0) is 25.8. The Hall–Kier alpha value is -4.70. The molecule has 0 saturated carbocycles. The molecule has 4 N–H and O–H groups in total. The normalized spacial score (nSPS) is 10.9. The van der Waals surface area contributed by atoms with E-state index in [4.69, 9.17) is 0 Å². The number of nitrogens with zero attached hydrogens (tertiary/aromatic N) is 3. The fraction of sp³-hybridized carbons (Fsp3) is 0.111. The van der Waals surface area contributed by atoms with Crippen molar-refractivity contribution in [3.8, 4) is 5.88 Å². The zero-order valence-corrected chi connectivity index (χ0v) is 20.4. The molecule has 0 aliphatic heterocycles. The Balaban J connectivity index is 1.29. The number of thiazole rings is 1. The standard InChI is InChI=1S/C27H23N5O4S/c33-23(34)16-21-25(36)32(24(35)18-6-2-1-3-7-18)26(30-21)29-19-12-10-17(11-13-19)14-15-28-27-31-20-8-4-5-9-22(20)37-27/h1-13,36H,14-16H2,(H,28,31)(H,29,30)(H,33,34). The number of carbonyl (C=O) groups is 2. The fourth-order valence-electron chi connectivity index (χ4n) is 3.85. The largest absolute Gasteiger partial charge is 0.493 e. The lowest BCUT2D eigenvalue weighted by Gasteiger charge is -2.10. The van der Waals surface area contributed by atoms with Gasteiger partial charge in [-0.2, -0.15) is 0 Å². The molecule has 2 heterocycles. The number of aromatic nitrogens is 3. The van der Waals surface area contributed by atoms with E-state index in [-0.39, 0.29) is 11.6 Å². The van der Waals surface area contributed by atoms with Crippen molar-refractivity contribution in [2.24, 2.45) is 0 Å². The van der Waals surface area contributed by atoms with Gasteiger partial charge in [-0.3, -0.25) is 9.59 Å². The van der Waals surface area contributed by atoms with E-state index in [0.717, 1.165) is 38.4 Å². The summed E-state index contributed by atoms with van der Waals surface area (Å²) in [4.78, 5) is 33.1. The van der Waals surface area contributed by atoms with Crippen molar-refractivity contribution < 1.29 is 19.8 Å². The molecule has 37 heavy (non-hydrogen) atoms. The van der Waals surface area contributed by atoms with Gasteiger partial charge in [-0.1, -0.05) is 53.8 Å². The lowest BCUT2D eigenvalue weighted by Crippen LogP contribution is -2.14. The number of benzene rings is 3. The molecule has 0 amide bonds. The van der Waals surface area contributed by atoms with Gasteiger partial charge >= 0.3 is 5.97 Å². The molecule has 9 nitrogen and oxygen atoms in total. The molecule has 0 aliphatic rings.